The summed E-state index contributed by atoms with van der Waals surface area (Å²) in [5.74, 6) is 0. The molecule has 1 aromatic carbocycles. The summed E-state index contributed by atoms with van der Waals surface area (Å²) in [5, 5.41) is 7.46. The molecule has 0 bridgehead atoms. The van der Waals surface area contributed by atoms with Crippen molar-refractivity contribution in [1.29, 1.82) is 0 Å². The standard InChI is InChI=1S/C9H10N4.C2H6/c1-7-4-8(2-3-9(7)10)13-5-11-12-6-13;1-2/h2-6H,10H2,1H3;1-2H3. The highest BCUT2D eigenvalue weighted by Gasteiger charge is 1.98. The zero-order chi connectivity index (χ0) is 11.3. The molecular weight excluding hydrogens is 188 g/mol. The largest absolute Gasteiger partial charge is 0.399 e. The molecular formula is C11H16N4. The summed E-state index contributed by atoms with van der Waals surface area (Å²) in [7, 11) is 0. The van der Waals surface area contributed by atoms with Gasteiger partial charge < -0.3 is 5.73 Å². The lowest BCUT2D eigenvalue weighted by molar-refractivity contribution is 1.05. The molecule has 2 rings (SSSR count). The van der Waals surface area contributed by atoms with Gasteiger partial charge in [0.05, 0.1) is 0 Å². The minimum Gasteiger partial charge on any atom is -0.399 e. The minimum absolute atomic E-state index is 0.803. The number of aromatic nitrogens is 3. The van der Waals surface area contributed by atoms with Gasteiger partial charge in [0.1, 0.15) is 12.7 Å². The maximum absolute atomic E-state index is 5.70. The predicted molar refractivity (Wildman–Crippen MR) is 61.9 cm³/mol. The first kappa shape index (κ1) is 11.2. The van der Waals surface area contributed by atoms with Gasteiger partial charge in [0.15, 0.2) is 0 Å². The van der Waals surface area contributed by atoms with Crippen LogP contribution in [0.3, 0.4) is 0 Å². The molecule has 0 aliphatic carbocycles. The first-order valence-corrected chi connectivity index (χ1v) is 4.98. The highest BCUT2D eigenvalue weighted by atomic mass is 15.2. The number of rotatable bonds is 1. The zero-order valence-corrected chi connectivity index (χ0v) is 9.31. The lowest BCUT2D eigenvalue weighted by atomic mass is 10.2. The molecule has 0 spiro atoms. The van der Waals surface area contributed by atoms with Gasteiger partial charge in [0, 0.05) is 11.4 Å². The summed E-state index contributed by atoms with van der Waals surface area (Å²) in [6.07, 6.45) is 3.32. The van der Waals surface area contributed by atoms with Gasteiger partial charge in [-0.3, -0.25) is 4.57 Å². The molecule has 0 saturated heterocycles. The van der Waals surface area contributed by atoms with Crippen LogP contribution in [0.1, 0.15) is 19.4 Å². The molecule has 80 valence electrons. The molecule has 1 aromatic heterocycles. The van der Waals surface area contributed by atoms with Gasteiger partial charge in [0.2, 0.25) is 0 Å². The molecule has 0 aliphatic heterocycles. The van der Waals surface area contributed by atoms with Crippen molar-refractivity contribution in [3.8, 4) is 5.69 Å². The number of nitrogens with two attached hydrogens (primary N) is 1. The highest BCUT2D eigenvalue weighted by molar-refractivity contribution is 5.51. The normalized spacial score (nSPS) is 9.27. The van der Waals surface area contributed by atoms with E-state index in [2.05, 4.69) is 10.2 Å². The molecule has 15 heavy (non-hydrogen) atoms. The number of aryl methyl sites for hydroxylation is 1. The molecule has 4 heteroatoms. The van der Waals surface area contributed by atoms with Crippen molar-refractivity contribution in [3.63, 3.8) is 0 Å². The fraction of sp³-hybridized carbons (Fsp3) is 0.273. The molecule has 0 amide bonds. The van der Waals surface area contributed by atoms with E-state index in [9.17, 15) is 0 Å². The Morgan fingerprint density at radius 3 is 2.27 bits per heavy atom. The van der Waals surface area contributed by atoms with Crippen LogP contribution in [-0.4, -0.2) is 14.8 Å². The Kier molecular flexibility index (Phi) is 3.85. The quantitative estimate of drug-likeness (QED) is 0.724. The second-order valence-electron chi connectivity index (χ2n) is 2.91. The Morgan fingerprint density at radius 2 is 1.73 bits per heavy atom. The van der Waals surface area contributed by atoms with Crippen LogP contribution in [0.4, 0.5) is 5.69 Å². The SMILES string of the molecule is CC.Cc1cc(-n2cnnc2)ccc1N. The van der Waals surface area contributed by atoms with E-state index in [4.69, 9.17) is 5.73 Å². The topological polar surface area (TPSA) is 56.7 Å². The fourth-order valence-electron chi connectivity index (χ4n) is 1.15. The van der Waals surface area contributed by atoms with Crippen molar-refractivity contribution in [2.24, 2.45) is 0 Å². The van der Waals surface area contributed by atoms with Crippen LogP contribution in [0.5, 0.6) is 0 Å². The van der Waals surface area contributed by atoms with E-state index in [1.807, 2.05) is 43.5 Å². The fourth-order valence-corrected chi connectivity index (χ4v) is 1.15. The van der Waals surface area contributed by atoms with Gasteiger partial charge in [-0.05, 0) is 30.7 Å². The molecule has 0 radical (unpaired) electrons. The van der Waals surface area contributed by atoms with E-state index < -0.39 is 0 Å². The van der Waals surface area contributed by atoms with E-state index in [0.29, 0.717) is 0 Å². The molecule has 0 fully saturated rings. The van der Waals surface area contributed by atoms with Gasteiger partial charge >= 0.3 is 0 Å². The van der Waals surface area contributed by atoms with Crippen molar-refractivity contribution in [2.75, 3.05) is 5.73 Å². The van der Waals surface area contributed by atoms with E-state index in [1.54, 1.807) is 12.7 Å². The lowest BCUT2D eigenvalue weighted by Crippen LogP contribution is -1.94. The summed E-state index contributed by atoms with van der Waals surface area (Å²) >= 11 is 0. The van der Waals surface area contributed by atoms with Crippen LogP contribution >= 0.6 is 0 Å². The van der Waals surface area contributed by atoms with Crippen molar-refractivity contribution < 1.29 is 0 Å². The van der Waals surface area contributed by atoms with E-state index >= 15 is 0 Å². The maximum atomic E-state index is 5.70. The average Bonchev–Trinajstić information content (AvgIpc) is 2.78. The number of hydrogen-bond donors (Lipinski definition) is 1. The van der Waals surface area contributed by atoms with Crippen molar-refractivity contribution in [2.45, 2.75) is 20.8 Å². The smallest absolute Gasteiger partial charge is 0.123 e. The number of benzene rings is 1. The molecule has 0 aliphatic rings. The highest BCUT2D eigenvalue weighted by Crippen LogP contribution is 2.15. The van der Waals surface area contributed by atoms with E-state index in [0.717, 1.165) is 16.9 Å². The molecule has 0 saturated carbocycles. The van der Waals surface area contributed by atoms with Crippen molar-refractivity contribution >= 4 is 5.69 Å². The van der Waals surface area contributed by atoms with Crippen molar-refractivity contribution in [3.05, 3.63) is 36.4 Å². The monoisotopic (exact) mass is 204 g/mol. The second kappa shape index (κ2) is 5.14. The van der Waals surface area contributed by atoms with Gasteiger partial charge in [-0.25, -0.2) is 0 Å². The predicted octanol–water partition coefficient (Wildman–Crippen LogP) is 2.18. The summed E-state index contributed by atoms with van der Waals surface area (Å²) in [6, 6.07) is 5.81. The van der Waals surface area contributed by atoms with Gasteiger partial charge in [-0.1, -0.05) is 13.8 Å². The Hall–Kier alpha value is -1.84. The van der Waals surface area contributed by atoms with Crippen LogP contribution in [0, 0.1) is 6.92 Å². The lowest BCUT2D eigenvalue weighted by Gasteiger charge is -2.04. The molecule has 0 unspecified atom stereocenters. The Labute approximate surface area is 89.8 Å². The first-order valence-electron chi connectivity index (χ1n) is 4.98. The minimum atomic E-state index is 0.803. The molecule has 4 nitrogen and oxygen atoms in total. The Balaban J connectivity index is 0.000000531. The second-order valence-corrected chi connectivity index (χ2v) is 2.91. The molecule has 2 aromatic rings. The molecule has 0 atom stereocenters. The summed E-state index contributed by atoms with van der Waals surface area (Å²) in [5.41, 5.74) is 8.59. The number of nitrogens with zero attached hydrogens (tertiary/aromatic N) is 3. The number of nitrogen functional groups attached to an aromatic ring is 1. The molecule has 1 heterocycles. The van der Waals surface area contributed by atoms with Crippen molar-refractivity contribution in [1.82, 2.24) is 14.8 Å². The molecule has 2 N–H and O–H groups in total. The Morgan fingerprint density at radius 1 is 1.13 bits per heavy atom. The van der Waals surface area contributed by atoms with Crippen LogP contribution in [0.15, 0.2) is 30.9 Å². The zero-order valence-electron chi connectivity index (χ0n) is 9.31. The third-order valence-electron chi connectivity index (χ3n) is 1.97. The number of hydrogen-bond acceptors (Lipinski definition) is 3. The van der Waals surface area contributed by atoms with Crippen LogP contribution in [0.25, 0.3) is 5.69 Å². The third kappa shape index (κ3) is 2.56. The Bertz CT molecular complexity index is 407. The average molecular weight is 204 g/mol. The van der Waals surface area contributed by atoms with Gasteiger partial charge in [-0.15, -0.1) is 10.2 Å². The maximum Gasteiger partial charge on any atom is 0.123 e. The van der Waals surface area contributed by atoms with Crippen LogP contribution in [-0.2, 0) is 0 Å². The first-order chi connectivity index (χ1) is 7.27. The van der Waals surface area contributed by atoms with E-state index in [1.165, 1.54) is 0 Å². The summed E-state index contributed by atoms with van der Waals surface area (Å²) in [4.78, 5) is 0. The van der Waals surface area contributed by atoms with Gasteiger partial charge in [0.25, 0.3) is 0 Å². The van der Waals surface area contributed by atoms with Gasteiger partial charge in [-0.2, -0.15) is 0 Å². The third-order valence-corrected chi connectivity index (χ3v) is 1.97. The van der Waals surface area contributed by atoms with Crippen LogP contribution in [0.2, 0.25) is 0 Å². The summed E-state index contributed by atoms with van der Waals surface area (Å²) < 4.78 is 1.84. The summed E-state index contributed by atoms with van der Waals surface area (Å²) in [6.45, 7) is 5.98. The van der Waals surface area contributed by atoms with E-state index in [-0.39, 0.29) is 0 Å². The number of anilines is 1. The van der Waals surface area contributed by atoms with Crippen LogP contribution < -0.4 is 5.73 Å².